The van der Waals surface area contributed by atoms with Crippen molar-refractivity contribution >= 4 is 64.2 Å². The van der Waals surface area contributed by atoms with E-state index in [0.29, 0.717) is 61.3 Å². The van der Waals surface area contributed by atoms with Crippen LogP contribution in [0.15, 0.2) is 124 Å². The molecule has 0 saturated carbocycles. The van der Waals surface area contributed by atoms with E-state index >= 15 is 0 Å². The maximum absolute atomic E-state index is 14.2. The molecule has 4 aliphatic carbocycles. The molecule has 4 atom stereocenters. The summed E-state index contributed by atoms with van der Waals surface area (Å²) in [4.78, 5) is 29.1. The molecule has 0 saturated heterocycles. The van der Waals surface area contributed by atoms with Crippen LogP contribution in [0.5, 0.6) is 0 Å². The fourth-order valence-electron chi connectivity index (χ4n) is 11.5. The lowest BCUT2D eigenvalue weighted by atomic mass is 9.65. The van der Waals surface area contributed by atoms with Gasteiger partial charge < -0.3 is 26.7 Å². The second kappa shape index (κ2) is 21.6. The van der Waals surface area contributed by atoms with Gasteiger partial charge in [-0.3, -0.25) is 0 Å². The quantitative estimate of drug-likeness (QED) is 0.0424. The minimum atomic E-state index is -1.49. The van der Waals surface area contributed by atoms with E-state index in [1.54, 1.807) is 43.8 Å². The Labute approximate surface area is 451 Å². The number of hydrogen-bond donors (Lipinski definition) is 6. The van der Waals surface area contributed by atoms with Crippen LogP contribution in [0.3, 0.4) is 0 Å². The summed E-state index contributed by atoms with van der Waals surface area (Å²) in [5.41, 5.74) is 21.8. The Morgan fingerprint density at radius 2 is 1.04 bits per heavy atom. The second-order valence-electron chi connectivity index (χ2n) is 19.4. The Morgan fingerprint density at radius 1 is 0.618 bits per heavy atom. The molecule has 6 aliphatic rings. The molecule has 392 valence electrons. The van der Waals surface area contributed by atoms with E-state index in [-0.39, 0.29) is 18.4 Å². The number of guanidine groups is 2. The standard InChI is InChI=1S/C27H22F2N4O.C20H18BrF2N3O.C7H6BNO2.CH5NO.ClH/c1-31-21-5-3-4-16(10-21)17-6-7-19-14-26(27(22(19)11-17)32-25(30)33(2)34-27)9-8-18-12-23(28)24(29)13-20(18)15-26;1-26-18(24)25-20(27-26)15-8-14(21)3-2-12(15)9-19(20)5-4-11-6-16(22)17(23)7-13(11)10-19;1-9-7-4-2-3-6(5-7)8(10)11;1-2-3;/h3-7,10-13H,8-9,14-15H2,2H3,(H2,30,32);2-3,6-8H,4-5,9-10H2,1H3,(H2,24,25);2-5,10-11H;2-3H,1H3;1H. The Balaban J connectivity index is 0.000000162. The third kappa shape index (κ3) is 9.80. The molecule has 0 amide bonds. The van der Waals surface area contributed by atoms with Gasteiger partial charge in [0.1, 0.15) is 0 Å². The van der Waals surface area contributed by atoms with E-state index in [4.69, 9.17) is 59.5 Å². The Morgan fingerprint density at radius 3 is 1.50 bits per heavy atom. The van der Waals surface area contributed by atoms with Crippen LogP contribution in [0.4, 0.5) is 28.9 Å². The number of rotatable bonds is 2. The van der Waals surface area contributed by atoms with Gasteiger partial charge in [-0.05, 0) is 150 Å². The van der Waals surface area contributed by atoms with Gasteiger partial charge in [0.15, 0.2) is 34.6 Å². The van der Waals surface area contributed by atoms with Crippen LogP contribution in [-0.4, -0.2) is 65.6 Å². The lowest BCUT2D eigenvalue weighted by molar-refractivity contribution is -0.224. The second-order valence-corrected chi connectivity index (χ2v) is 20.3. The molecule has 14 nitrogen and oxygen atoms in total. The predicted octanol–water partition coefficient (Wildman–Crippen LogP) is 9.00. The lowest BCUT2D eigenvalue weighted by Crippen LogP contribution is -2.47. The van der Waals surface area contributed by atoms with Gasteiger partial charge in [-0.15, -0.1) is 12.4 Å². The highest BCUT2D eigenvalue weighted by atomic mass is 79.9. The smallest absolute Gasteiger partial charge is 0.423 e. The molecule has 2 heterocycles. The average molecular weight is 1120 g/mol. The topological polar surface area (TPSA) is 183 Å². The van der Waals surface area contributed by atoms with Crippen LogP contribution in [0.25, 0.3) is 20.8 Å². The highest BCUT2D eigenvalue weighted by molar-refractivity contribution is 9.10. The third-order valence-electron chi connectivity index (χ3n) is 15.0. The minimum Gasteiger partial charge on any atom is -0.423 e. The van der Waals surface area contributed by atoms with Crippen molar-refractivity contribution in [2.45, 2.75) is 62.8 Å². The number of hydrogen-bond acceptors (Lipinski definition) is 12. The predicted molar refractivity (Wildman–Crippen MR) is 286 cm³/mol. The number of nitrogens with one attached hydrogen (secondary N) is 1. The molecule has 0 fully saturated rings. The summed E-state index contributed by atoms with van der Waals surface area (Å²) in [6.45, 7) is 14.0. The molecule has 21 heteroatoms. The van der Waals surface area contributed by atoms with E-state index < -0.39 is 52.7 Å². The summed E-state index contributed by atoms with van der Waals surface area (Å²) < 4.78 is 56.6. The van der Waals surface area contributed by atoms with Crippen LogP contribution in [0, 0.1) is 47.2 Å². The van der Waals surface area contributed by atoms with E-state index in [1.807, 2.05) is 36.4 Å². The number of fused-ring (bicyclic) bond motifs is 8. The molecule has 0 aromatic heterocycles. The van der Waals surface area contributed by atoms with Crippen LogP contribution < -0.4 is 22.4 Å². The fourth-order valence-corrected chi connectivity index (χ4v) is 11.9. The first kappa shape index (κ1) is 55.4. The van der Waals surface area contributed by atoms with Gasteiger partial charge >= 0.3 is 7.12 Å². The number of hydroxylamine groups is 5. The normalized spacial score (nSPS) is 22.8. The van der Waals surface area contributed by atoms with Gasteiger partial charge in [-0.25, -0.2) is 62.5 Å². The lowest BCUT2D eigenvalue weighted by Gasteiger charge is -2.44. The molecule has 4 unspecified atom stereocenters. The summed E-state index contributed by atoms with van der Waals surface area (Å²) in [5, 5.41) is 27.7. The van der Waals surface area contributed by atoms with Crippen LogP contribution in [0.1, 0.15) is 57.3 Å². The van der Waals surface area contributed by atoms with Crippen molar-refractivity contribution in [1.29, 1.82) is 0 Å². The number of nitrogens with zero attached hydrogens (tertiary/aromatic N) is 6. The van der Waals surface area contributed by atoms with Gasteiger partial charge in [0.2, 0.25) is 23.4 Å². The van der Waals surface area contributed by atoms with Gasteiger partial charge in [0.05, 0.1) is 13.1 Å². The van der Waals surface area contributed by atoms with Crippen LogP contribution in [-0.2, 0) is 59.7 Å². The summed E-state index contributed by atoms with van der Waals surface area (Å²) >= 11 is 3.54. The number of aliphatic imine (C=N–C) groups is 2. The van der Waals surface area contributed by atoms with E-state index in [0.717, 1.165) is 72.9 Å². The summed E-state index contributed by atoms with van der Waals surface area (Å²) in [6, 6.07) is 31.3. The molecule has 0 bridgehead atoms. The maximum Gasteiger partial charge on any atom is 0.487 e. The largest absolute Gasteiger partial charge is 0.487 e. The fraction of sp³-hybridized carbons (Fsp3) is 0.273. The number of aryl methyl sites for hydroxylation is 2. The molecule has 4 spiro atoms. The molecule has 6 aromatic carbocycles. The van der Waals surface area contributed by atoms with Crippen molar-refractivity contribution in [2.24, 2.45) is 32.3 Å². The van der Waals surface area contributed by atoms with Gasteiger partial charge in [-0.1, -0.05) is 76.6 Å². The molecule has 2 aliphatic heterocycles. The molecular formula is C55H52BBrClF4N9O5. The number of benzene rings is 6. The zero-order chi connectivity index (χ0) is 53.6. The third-order valence-corrected chi connectivity index (χ3v) is 15.5. The first-order valence-electron chi connectivity index (χ1n) is 23.9. The van der Waals surface area contributed by atoms with E-state index in [9.17, 15) is 17.6 Å². The van der Waals surface area contributed by atoms with Crippen LogP contribution in [0.2, 0.25) is 0 Å². The highest BCUT2D eigenvalue weighted by Gasteiger charge is 2.65. The molecular weight excluding hydrogens is 1070 g/mol. The van der Waals surface area contributed by atoms with Crippen molar-refractivity contribution in [3.8, 4) is 11.1 Å². The first-order chi connectivity index (χ1) is 35.8. The summed E-state index contributed by atoms with van der Waals surface area (Å²) in [7, 11) is 3.41. The molecule has 8 N–H and O–H groups in total. The first-order valence-corrected chi connectivity index (χ1v) is 24.7. The summed E-state index contributed by atoms with van der Waals surface area (Å²) in [5.74, 6) is -2.66. The monoisotopic (exact) mass is 1120 g/mol. The number of nitrogens with two attached hydrogens (primary N) is 2. The minimum absolute atomic E-state index is 0. The number of halogens is 6. The average Bonchev–Trinajstić information content (AvgIpc) is 4.24. The van der Waals surface area contributed by atoms with Gasteiger partial charge in [-0.2, -0.15) is 0 Å². The van der Waals surface area contributed by atoms with Crippen molar-refractivity contribution in [3.63, 3.8) is 0 Å². The molecule has 76 heavy (non-hydrogen) atoms. The Hall–Kier alpha value is -6.85. The van der Waals surface area contributed by atoms with E-state index in [2.05, 4.69) is 43.8 Å². The maximum atomic E-state index is 14.2. The van der Waals surface area contributed by atoms with Crippen molar-refractivity contribution in [3.05, 3.63) is 204 Å². The molecule has 0 radical (unpaired) electrons. The zero-order valence-electron chi connectivity index (χ0n) is 41.4. The van der Waals surface area contributed by atoms with Gasteiger partial charge in [0.25, 0.3) is 0 Å². The van der Waals surface area contributed by atoms with Crippen molar-refractivity contribution < 1.29 is 42.5 Å². The van der Waals surface area contributed by atoms with Crippen molar-refractivity contribution in [2.75, 3.05) is 21.1 Å². The Kier molecular flexibility index (Phi) is 15.8. The molecule has 12 rings (SSSR count). The van der Waals surface area contributed by atoms with Crippen molar-refractivity contribution in [1.82, 2.24) is 15.6 Å². The van der Waals surface area contributed by atoms with E-state index in [1.165, 1.54) is 47.5 Å². The Bertz CT molecular complexity index is 3400. The SMILES string of the molecule is CN1OC2(N=C1N)c1cc(Br)ccc1CC21CCc2cc(F)c(F)cc2C1.CNO.Cl.[C-]#[N+]c1cccc(-c2ccc3c(c2)C2(N=C(N)N(C)O2)C2(CCc4cc(F)c(F)cc4C2)C3)c1.[C-]#[N+]c1cccc(B(O)O)c1. The highest BCUT2D eigenvalue weighted by Crippen LogP contribution is 2.63. The van der Waals surface area contributed by atoms with Gasteiger partial charge in [0, 0.05) is 47.6 Å². The van der Waals surface area contributed by atoms with Crippen LogP contribution >= 0.6 is 28.3 Å². The molecule has 6 aromatic rings. The summed E-state index contributed by atoms with van der Waals surface area (Å²) in [6.07, 6.45) is 5.19. The zero-order valence-corrected chi connectivity index (χ0v) is 43.8.